The second-order valence-electron chi connectivity index (χ2n) is 4.61. The van der Waals surface area contributed by atoms with Gasteiger partial charge in [0.25, 0.3) is 0 Å². The lowest BCUT2D eigenvalue weighted by atomic mass is 10.3. The van der Waals surface area contributed by atoms with Crippen LogP contribution in [0.4, 0.5) is 0 Å². The average Bonchev–Trinajstić information content (AvgIpc) is 2.92. The number of aromatic amines is 1. The lowest BCUT2D eigenvalue weighted by Gasteiger charge is -2.03. The van der Waals surface area contributed by atoms with Crippen LogP contribution in [-0.2, 0) is 13.1 Å². The van der Waals surface area contributed by atoms with Gasteiger partial charge in [0.2, 0.25) is 0 Å². The molecule has 0 saturated heterocycles. The van der Waals surface area contributed by atoms with Crippen molar-refractivity contribution in [3.8, 4) is 0 Å². The first-order valence-electron chi connectivity index (χ1n) is 6.93. The van der Waals surface area contributed by atoms with E-state index in [0.717, 1.165) is 39.9 Å². The first-order valence-corrected chi connectivity index (χ1v) is 7.92. The fraction of sp³-hybridized carbons (Fsp3) is 0.267. The van der Waals surface area contributed by atoms with Gasteiger partial charge >= 0.3 is 0 Å². The molecule has 0 radical (unpaired) electrons. The van der Waals surface area contributed by atoms with Gasteiger partial charge in [-0.25, -0.2) is 15.0 Å². The zero-order valence-electron chi connectivity index (χ0n) is 11.8. The van der Waals surface area contributed by atoms with Gasteiger partial charge in [0.15, 0.2) is 5.16 Å². The smallest absolute Gasteiger partial charge is 0.187 e. The Hall–Kier alpha value is -1.92. The molecule has 0 saturated carbocycles. The second kappa shape index (κ2) is 6.69. The van der Waals surface area contributed by atoms with E-state index in [-0.39, 0.29) is 0 Å². The summed E-state index contributed by atoms with van der Waals surface area (Å²) in [5.74, 6) is 1.93. The molecule has 1 aromatic carbocycles. The Balaban J connectivity index is 1.55. The van der Waals surface area contributed by atoms with Crippen molar-refractivity contribution in [2.24, 2.45) is 0 Å². The van der Waals surface area contributed by atoms with Gasteiger partial charge in [-0.05, 0) is 17.9 Å². The monoisotopic (exact) mass is 299 g/mol. The molecule has 3 rings (SSSR count). The van der Waals surface area contributed by atoms with Crippen LogP contribution in [0.15, 0.2) is 41.8 Å². The molecule has 6 heteroatoms. The lowest BCUT2D eigenvalue weighted by Crippen LogP contribution is -2.14. The first-order chi connectivity index (χ1) is 10.3. The van der Waals surface area contributed by atoms with Crippen molar-refractivity contribution in [2.75, 3.05) is 5.75 Å². The van der Waals surface area contributed by atoms with Crippen molar-refractivity contribution in [3.63, 3.8) is 0 Å². The third-order valence-electron chi connectivity index (χ3n) is 3.02. The lowest BCUT2D eigenvalue weighted by molar-refractivity contribution is 0.664. The Morgan fingerprint density at radius 3 is 2.71 bits per heavy atom. The largest absolute Gasteiger partial charge is 0.341 e. The van der Waals surface area contributed by atoms with Gasteiger partial charge in [0, 0.05) is 24.5 Å². The summed E-state index contributed by atoms with van der Waals surface area (Å²) >= 11 is 1.65. The zero-order valence-corrected chi connectivity index (χ0v) is 12.7. The summed E-state index contributed by atoms with van der Waals surface area (Å²) in [5.41, 5.74) is 3.14. The van der Waals surface area contributed by atoms with E-state index in [2.05, 4.69) is 32.2 Å². The van der Waals surface area contributed by atoms with Crippen molar-refractivity contribution in [1.82, 2.24) is 25.3 Å². The normalized spacial score (nSPS) is 11.1. The Labute approximate surface area is 127 Å². The molecule has 0 aliphatic rings. The number of H-pyrrole nitrogens is 1. The maximum Gasteiger partial charge on any atom is 0.187 e. The van der Waals surface area contributed by atoms with Crippen LogP contribution >= 0.6 is 11.8 Å². The number of hydrogen-bond donors (Lipinski definition) is 2. The Bertz CT molecular complexity index is 674. The summed E-state index contributed by atoms with van der Waals surface area (Å²) in [6.45, 7) is 3.52. The third-order valence-corrected chi connectivity index (χ3v) is 3.77. The molecule has 2 aromatic heterocycles. The minimum atomic E-state index is 0.695. The molecular formula is C15H17N5S. The van der Waals surface area contributed by atoms with E-state index < -0.39 is 0 Å². The molecule has 0 unspecified atom stereocenters. The molecule has 21 heavy (non-hydrogen) atoms. The molecule has 0 amide bonds. The topological polar surface area (TPSA) is 66.5 Å². The zero-order chi connectivity index (χ0) is 14.5. The SMILES string of the molecule is CCSc1ncc(CNCc2nc3ccccc3[nH]2)cn1. The quantitative estimate of drug-likeness (QED) is 0.541. The van der Waals surface area contributed by atoms with E-state index in [1.165, 1.54) is 0 Å². The molecule has 108 valence electrons. The number of nitrogens with one attached hydrogen (secondary N) is 2. The number of rotatable bonds is 6. The maximum atomic E-state index is 4.53. The predicted octanol–water partition coefficient (Wildman–Crippen LogP) is 2.75. The minimum absolute atomic E-state index is 0.695. The van der Waals surface area contributed by atoms with Crippen molar-refractivity contribution >= 4 is 22.8 Å². The van der Waals surface area contributed by atoms with Crippen LogP contribution in [0, 0.1) is 0 Å². The minimum Gasteiger partial charge on any atom is -0.341 e. The number of thioether (sulfide) groups is 1. The molecule has 0 bridgehead atoms. The number of fused-ring (bicyclic) bond motifs is 1. The van der Waals surface area contributed by atoms with Gasteiger partial charge in [-0.1, -0.05) is 30.8 Å². The number of imidazole rings is 1. The number of para-hydroxylation sites is 2. The van der Waals surface area contributed by atoms with Crippen LogP contribution in [0.25, 0.3) is 11.0 Å². The molecule has 3 aromatic rings. The summed E-state index contributed by atoms with van der Waals surface area (Å²) < 4.78 is 0. The van der Waals surface area contributed by atoms with Crippen molar-refractivity contribution in [3.05, 3.63) is 48.0 Å². The Morgan fingerprint density at radius 2 is 1.95 bits per heavy atom. The highest BCUT2D eigenvalue weighted by molar-refractivity contribution is 7.99. The van der Waals surface area contributed by atoms with E-state index in [1.807, 2.05) is 36.7 Å². The average molecular weight is 299 g/mol. The summed E-state index contributed by atoms with van der Waals surface area (Å²) in [6, 6.07) is 8.04. The molecule has 0 aliphatic heterocycles. The third kappa shape index (κ3) is 3.59. The van der Waals surface area contributed by atoms with Crippen molar-refractivity contribution < 1.29 is 0 Å². The molecule has 2 heterocycles. The molecular weight excluding hydrogens is 282 g/mol. The predicted molar refractivity (Wildman–Crippen MR) is 85.1 cm³/mol. The van der Waals surface area contributed by atoms with E-state index in [1.54, 1.807) is 11.8 Å². The Morgan fingerprint density at radius 1 is 1.14 bits per heavy atom. The van der Waals surface area contributed by atoms with Crippen LogP contribution in [0.5, 0.6) is 0 Å². The molecule has 0 spiro atoms. The fourth-order valence-electron chi connectivity index (χ4n) is 2.05. The van der Waals surface area contributed by atoms with Gasteiger partial charge in [-0.2, -0.15) is 0 Å². The molecule has 5 nitrogen and oxygen atoms in total. The number of nitrogens with zero attached hydrogens (tertiary/aromatic N) is 3. The maximum absolute atomic E-state index is 4.53. The van der Waals surface area contributed by atoms with Crippen LogP contribution in [0.1, 0.15) is 18.3 Å². The summed E-state index contributed by atoms with van der Waals surface area (Å²) in [6.07, 6.45) is 3.74. The molecule has 2 N–H and O–H groups in total. The Kier molecular flexibility index (Phi) is 4.47. The van der Waals surface area contributed by atoms with Crippen molar-refractivity contribution in [1.29, 1.82) is 0 Å². The highest BCUT2D eigenvalue weighted by Crippen LogP contribution is 2.11. The first kappa shape index (κ1) is 14.0. The summed E-state index contributed by atoms with van der Waals surface area (Å²) in [4.78, 5) is 16.5. The second-order valence-corrected chi connectivity index (χ2v) is 5.84. The van der Waals surface area contributed by atoms with Crippen LogP contribution in [0.3, 0.4) is 0 Å². The van der Waals surface area contributed by atoms with Crippen LogP contribution < -0.4 is 5.32 Å². The summed E-state index contributed by atoms with van der Waals surface area (Å²) in [7, 11) is 0. The number of hydrogen-bond acceptors (Lipinski definition) is 5. The molecule has 0 atom stereocenters. The van der Waals surface area contributed by atoms with Gasteiger partial charge in [0.05, 0.1) is 17.6 Å². The number of aromatic nitrogens is 4. The number of benzene rings is 1. The summed E-state index contributed by atoms with van der Waals surface area (Å²) in [5, 5.41) is 4.18. The van der Waals surface area contributed by atoms with Gasteiger partial charge in [0.1, 0.15) is 5.82 Å². The van der Waals surface area contributed by atoms with E-state index in [9.17, 15) is 0 Å². The van der Waals surface area contributed by atoms with Crippen LogP contribution in [0.2, 0.25) is 0 Å². The highest BCUT2D eigenvalue weighted by atomic mass is 32.2. The van der Waals surface area contributed by atoms with E-state index >= 15 is 0 Å². The van der Waals surface area contributed by atoms with Crippen LogP contribution in [-0.4, -0.2) is 25.7 Å². The molecule has 0 fully saturated rings. The highest BCUT2D eigenvalue weighted by Gasteiger charge is 2.02. The fourth-order valence-corrected chi connectivity index (χ4v) is 2.57. The van der Waals surface area contributed by atoms with Gasteiger partial charge in [-0.3, -0.25) is 0 Å². The van der Waals surface area contributed by atoms with Crippen molar-refractivity contribution in [2.45, 2.75) is 25.2 Å². The van der Waals surface area contributed by atoms with E-state index in [4.69, 9.17) is 0 Å². The van der Waals surface area contributed by atoms with E-state index in [0.29, 0.717) is 6.54 Å². The van der Waals surface area contributed by atoms with Gasteiger partial charge < -0.3 is 10.3 Å². The van der Waals surface area contributed by atoms with Gasteiger partial charge in [-0.15, -0.1) is 0 Å². The molecule has 0 aliphatic carbocycles. The standard InChI is InChI=1S/C15H17N5S/c1-2-21-15-17-8-11(9-18-15)7-16-10-14-19-12-5-3-4-6-13(12)20-14/h3-6,8-9,16H,2,7,10H2,1H3,(H,19,20).